The lowest BCUT2D eigenvalue weighted by Crippen LogP contribution is -2.29. The third kappa shape index (κ3) is 4.08. The van der Waals surface area contributed by atoms with Crippen molar-refractivity contribution in [3.63, 3.8) is 0 Å². The van der Waals surface area contributed by atoms with Crippen LogP contribution in [0.15, 0.2) is 48.5 Å². The SMILES string of the molecule is COC(=O)c1ccccc1NC(=O)C(=O)Nc1ccccc1Cl. The Morgan fingerprint density at radius 1 is 0.870 bits per heavy atom. The van der Waals surface area contributed by atoms with E-state index in [1.54, 1.807) is 36.4 Å². The molecule has 0 saturated carbocycles. The van der Waals surface area contributed by atoms with Gasteiger partial charge < -0.3 is 15.4 Å². The number of methoxy groups -OCH3 is 1. The Labute approximate surface area is 137 Å². The van der Waals surface area contributed by atoms with E-state index in [4.69, 9.17) is 11.6 Å². The summed E-state index contributed by atoms with van der Waals surface area (Å²) in [6.45, 7) is 0. The third-order valence-corrected chi connectivity index (χ3v) is 3.24. The smallest absolute Gasteiger partial charge is 0.339 e. The number of hydrogen-bond donors (Lipinski definition) is 2. The summed E-state index contributed by atoms with van der Waals surface area (Å²) >= 11 is 5.91. The Kier molecular flexibility index (Phi) is 5.32. The Bertz CT molecular complexity index is 761. The Morgan fingerprint density at radius 3 is 2.00 bits per heavy atom. The van der Waals surface area contributed by atoms with Crippen molar-refractivity contribution in [3.05, 3.63) is 59.1 Å². The van der Waals surface area contributed by atoms with Crippen LogP contribution in [0.4, 0.5) is 11.4 Å². The van der Waals surface area contributed by atoms with Crippen molar-refractivity contribution < 1.29 is 19.1 Å². The molecule has 23 heavy (non-hydrogen) atoms. The second-order valence-electron chi connectivity index (χ2n) is 4.43. The summed E-state index contributed by atoms with van der Waals surface area (Å²) in [5.74, 6) is -2.45. The molecule has 0 heterocycles. The maximum absolute atomic E-state index is 12.0. The van der Waals surface area contributed by atoms with Gasteiger partial charge >= 0.3 is 17.8 Å². The predicted octanol–water partition coefficient (Wildman–Crippen LogP) is 2.70. The van der Waals surface area contributed by atoms with Crippen molar-refractivity contribution in [2.24, 2.45) is 0 Å². The standard InChI is InChI=1S/C16H13ClN2O4/c1-23-16(22)10-6-2-4-8-12(10)18-14(20)15(21)19-13-9-5-3-7-11(13)17/h2-9H,1H3,(H,18,20)(H,19,21). The molecule has 0 aliphatic heterocycles. The average Bonchev–Trinajstić information content (AvgIpc) is 2.56. The first kappa shape index (κ1) is 16.5. The van der Waals surface area contributed by atoms with Crippen LogP contribution in [0.3, 0.4) is 0 Å². The lowest BCUT2D eigenvalue weighted by atomic mass is 10.2. The number of halogens is 1. The highest BCUT2D eigenvalue weighted by Crippen LogP contribution is 2.20. The fraction of sp³-hybridized carbons (Fsp3) is 0.0625. The van der Waals surface area contributed by atoms with Gasteiger partial charge in [0.15, 0.2) is 0 Å². The van der Waals surface area contributed by atoms with Crippen molar-refractivity contribution in [2.75, 3.05) is 17.7 Å². The van der Waals surface area contributed by atoms with Crippen LogP contribution in [0, 0.1) is 0 Å². The fourth-order valence-electron chi connectivity index (χ4n) is 1.80. The van der Waals surface area contributed by atoms with Gasteiger partial charge in [0.05, 0.1) is 29.1 Å². The fourth-order valence-corrected chi connectivity index (χ4v) is 1.98. The van der Waals surface area contributed by atoms with Gasteiger partial charge in [-0.3, -0.25) is 9.59 Å². The lowest BCUT2D eigenvalue weighted by molar-refractivity contribution is -0.133. The van der Waals surface area contributed by atoms with Gasteiger partial charge in [-0.1, -0.05) is 35.9 Å². The summed E-state index contributed by atoms with van der Waals surface area (Å²) < 4.78 is 4.62. The summed E-state index contributed by atoms with van der Waals surface area (Å²) in [6.07, 6.45) is 0. The van der Waals surface area contributed by atoms with Gasteiger partial charge in [-0.05, 0) is 24.3 Å². The summed E-state index contributed by atoms with van der Waals surface area (Å²) in [4.78, 5) is 35.5. The molecule has 2 aromatic carbocycles. The van der Waals surface area contributed by atoms with Crippen molar-refractivity contribution >= 4 is 40.8 Å². The third-order valence-electron chi connectivity index (χ3n) is 2.91. The van der Waals surface area contributed by atoms with Gasteiger partial charge in [-0.25, -0.2) is 4.79 Å². The van der Waals surface area contributed by atoms with Gasteiger partial charge in [0.1, 0.15) is 0 Å². The van der Waals surface area contributed by atoms with Crippen LogP contribution in [0.25, 0.3) is 0 Å². The number of hydrogen-bond acceptors (Lipinski definition) is 4. The number of anilines is 2. The molecule has 0 spiro atoms. The zero-order valence-corrected chi connectivity index (χ0v) is 12.9. The summed E-state index contributed by atoms with van der Waals surface area (Å²) in [7, 11) is 1.23. The van der Waals surface area contributed by atoms with E-state index in [1.807, 2.05) is 0 Å². The first-order chi connectivity index (χ1) is 11.0. The number of ether oxygens (including phenoxy) is 1. The summed E-state index contributed by atoms with van der Waals surface area (Å²) in [5.41, 5.74) is 0.642. The molecule has 2 N–H and O–H groups in total. The second kappa shape index (κ2) is 7.42. The van der Waals surface area contributed by atoms with E-state index < -0.39 is 17.8 Å². The van der Waals surface area contributed by atoms with Gasteiger partial charge in [0.25, 0.3) is 0 Å². The topological polar surface area (TPSA) is 84.5 Å². The maximum atomic E-state index is 12.0. The molecule has 0 aliphatic rings. The average molecular weight is 333 g/mol. The number of carbonyl (C=O) groups is 3. The number of carbonyl (C=O) groups excluding carboxylic acids is 3. The van der Waals surface area contributed by atoms with Crippen molar-refractivity contribution in [1.82, 2.24) is 0 Å². The molecule has 118 valence electrons. The van der Waals surface area contributed by atoms with Gasteiger partial charge in [-0.15, -0.1) is 0 Å². The predicted molar refractivity (Wildman–Crippen MR) is 86.5 cm³/mol. The van der Waals surface area contributed by atoms with Crippen LogP contribution in [0.5, 0.6) is 0 Å². The van der Waals surface area contributed by atoms with Crippen molar-refractivity contribution in [3.8, 4) is 0 Å². The minimum atomic E-state index is -0.929. The van der Waals surface area contributed by atoms with E-state index in [0.29, 0.717) is 10.7 Å². The highest BCUT2D eigenvalue weighted by molar-refractivity contribution is 6.45. The van der Waals surface area contributed by atoms with Crippen LogP contribution in [-0.2, 0) is 14.3 Å². The molecular formula is C16H13ClN2O4. The van der Waals surface area contributed by atoms with E-state index >= 15 is 0 Å². The van der Waals surface area contributed by atoms with Gasteiger partial charge in [0.2, 0.25) is 0 Å². The van der Waals surface area contributed by atoms with Crippen molar-refractivity contribution in [1.29, 1.82) is 0 Å². The van der Waals surface area contributed by atoms with E-state index in [9.17, 15) is 14.4 Å². The first-order valence-electron chi connectivity index (χ1n) is 6.57. The van der Waals surface area contributed by atoms with E-state index in [1.165, 1.54) is 19.2 Å². The zero-order chi connectivity index (χ0) is 16.8. The van der Waals surface area contributed by atoms with E-state index in [0.717, 1.165) is 0 Å². The molecule has 0 fully saturated rings. The molecular weight excluding hydrogens is 320 g/mol. The lowest BCUT2D eigenvalue weighted by Gasteiger charge is -2.10. The quantitative estimate of drug-likeness (QED) is 0.668. The summed E-state index contributed by atoms with van der Waals surface area (Å²) in [5, 5.41) is 5.07. The van der Waals surface area contributed by atoms with Crippen LogP contribution < -0.4 is 10.6 Å². The molecule has 0 aromatic heterocycles. The van der Waals surface area contributed by atoms with Crippen LogP contribution in [-0.4, -0.2) is 24.9 Å². The van der Waals surface area contributed by atoms with Crippen molar-refractivity contribution in [2.45, 2.75) is 0 Å². The molecule has 2 rings (SSSR count). The number of esters is 1. The van der Waals surface area contributed by atoms with Crippen LogP contribution in [0.1, 0.15) is 10.4 Å². The molecule has 2 amide bonds. The highest BCUT2D eigenvalue weighted by atomic mass is 35.5. The molecule has 0 radical (unpaired) electrons. The number of amides is 2. The minimum Gasteiger partial charge on any atom is -0.465 e. The van der Waals surface area contributed by atoms with E-state index in [2.05, 4.69) is 15.4 Å². The molecule has 2 aromatic rings. The Morgan fingerprint density at radius 2 is 1.39 bits per heavy atom. The number of para-hydroxylation sites is 2. The maximum Gasteiger partial charge on any atom is 0.339 e. The highest BCUT2D eigenvalue weighted by Gasteiger charge is 2.18. The number of nitrogens with one attached hydrogen (secondary N) is 2. The van der Waals surface area contributed by atoms with Crippen LogP contribution in [0.2, 0.25) is 5.02 Å². The van der Waals surface area contributed by atoms with Crippen LogP contribution >= 0.6 is 11.6 Å². The normalized spacial score (nSPS) is 9.83. The Balaban J connectivity index is 2.12. The van der Waals surface area contributed by atoms with E-state index in [-0.39, 0.29) is 11.3 Å². The molecule has 6 nitrogen and oxygen atoms in total. The first-order valence-corrected chi connectivity index (χ1v) is 6.95. The molecule has 0 saturated heterocycles. The molecule has 0 atom stereocenters. The second-order valence-corrected chi connectivity index (χ2v) is 4.83. The zero-order valence-electron chi connectivity index (χ0n) is 12.1. The van der Waals surface area contributed by atoms with Gasteiger partial charge in [-0.2, -0.15) is 0 Å². The molecule has 7 heteroatoms. The molecule has 0 unspecified atom stereocenters. The number of benzene rings is 2. The minimum absolute atomic E-state index is 0.147. The Hall–Kier alpha value is -2.86. The molecule has 0 aliphatic carbocycles. The monoisotopic (exact) mass is 332 g/mol. The summed E-state index contributed by atoms with van der Waals surface area (Å²) in [6, 6.07) is 12.7. The largest absolute Gasteiger partial charge is 0.465 e. The number of rotatable bonds is 3. The van der Waals surface area contributed by atoms with Gasteiger partial charge in [0, 0.05) is 0 Å². The molecule has 0 bridgehead atoms.